The van der Waals surface area contributed by atoms with Gasteiger partial charge in [-0.05, 0) is 12.1 Å². The Morgan fingerprint density at radius 2 is 1.11 bits per heavy atom. The van der Waals surface area contributed by atoms with Crippen molar-refractivity contribution >= 4 is 17.1 Å². The van der Waals surface area contributed by atoms with Gasteiger partial charge in [-0.1, -0.05) is 12.1 Å². The number of fused-ring (bicyclic) bond motifs is 1. The Kier molecular flexibility index (Phi) is 8.82. The highest BCUT2D eigenvalue weighted by atomic mass is 16.6. The lowest BCUT2D eigenvalue weighted by molar-refractivity contribution is -0.0117. The predicted molar refractivity (Wildman–Crippen MR) is 100 cm³/mol. The average molecular weight is 380 g/mol. The summed E-state index contributed by atoms with van der Waals surface area (Å²) >= 11 is 0. The van der Waals surface area contributed by atoms with E-state index in [1.54, 1.807) is 0 Å². The van der Waals surface area contributed by atoms with Gasteiger partial charge in [0, 0.05) is 13.1 Å². The van der Waals surface area contributed by atoms with Crippen LogP contribution in [-0.4, -0.2) is 84.1 Å². The molecular weight excluding hydrogens is 352 g/mol. The molecule has 2 aromatic rings. The summed E-state index contributed by atoms with van der Waals surface area (Å²) in [5, 5.41) is 0. The normalized spacial score (nSPS) is 20.2. The van der Waals surface area contributed by atoms with Crippen LogP contribution in [0.3, 0.4) is 0 Å². The Hall–Kier alpha value is -1.71. The SMILES string of the molecule is c1ccc2oc(N3CCOCCOCCOCCOCCOCC3)nc2c1. The molecule has 0 amide bonds. The van der Waals surface area contributed by atoms with Crippen LogP contribution in [0.1, 0.15) is 0 Å². The largest absolute Gasteiger partial charge is 0.423 e. The molecule has 0 unspecified atom stereocenters. The first-order valence-electron chi connectivity index (χ1n) is 9.43. The third-order valence-corrected chi connectivity index (χ3v) is 4.05. The van der Waals surface area contributed by atoms with Crippen molar-refractivity contribution in [3.05, 3.63) is 24.3 Å². The first kappa shape index (κ1) is 20.0. The molecule has 3 rings (SSSR count). The van der Waals surface area contributed by atoms with Crippen molar-refractivity contribution in [1.82, 2.24) is 4.98 Å². The minimum atomic E-state index is 0.543. The highest BCUT2D eigenvalue weighted by molar-refractivity contribution is 5.74. The van der Waals surface area contributed by atoms with E-state index in [4.69, 9.17) is 28.1 Å². The first-order valence-corrected chi connectivity index (χ1v) is 9.43. The average Bonchev–Trinajstić information content (AvgIpc) is 3.12. The number of oxazole rings is 1. The van der Waals surface area contributed by atoms with E-state index in [0.29, 0.717) is 85.2 Å². The van der Waals surface area contributed by atoms with E-state index in [1.807, 2.05) is 29.2 Å². The van der Waals surface area contributed by atoms with Crippen LogP contribution in [0.2, 0.25) is 0 Å². The molecule has 0 aliphatic carbocycles. The quantitative estimate of drug-likeness (QED) is 0.741. The molecule has 8 nitrogen and oxygen atoms in total. The van der Waals surface area contributed by atoms with Gasteiger partial charge in [-0.15, -0.1) is 0 Å². The molecule has 1 saturated heterocycles. The van der Waals surface area contributed by atoms with E-state index in [0.717, 1.165) is 11.1 Å². The summed E-state index contributed by atoms with van der Waals surface area (Å²) in [6.45, 7) is 6.86. The topological polar surface area (TPSA) is 75.4 Å². The maximum absolute atomic E-state index is 5.88. The second-order valence-corrected chi connectivity index (χ2v) is 6.01. The number of para-hydroxylation sites is 2. The van der Waals surface area contributed by atoms with Crippen molar-refractivity contribution in [2.75, 3.05) is 84.1 Å². The second-order valence-electron chi connectivity index (χ2n) is 6.01. The summed E-state index contributed by atoms with van der Waals surface area (Å²) in [6, 6.07) is 8.33. The minimum Gasteiger partial charge on any atom is -0.423 e. The smallest absolute Gasteiger partial charge is 0.298 e. The molecule has 0 N–H and O–H groups in total. The van der Waals surface area contributed by atoms with Crippen LogP contribution >= 0.6 is 0 Å². The van der Waals surface area contributed by atoms with Crippen LogP contribution < -0.4 is 4.90 Å². The second kappa shape index (κ2) is 11.9. The van der Waals surface area contributed by atoms with Crippen LogP contribution in [0.15, 0.2) is 28.7 Å². The summed E-state index contributed by atoms with van der Waals surface area (Å²) in [7, 11) is 0. The Bertz CT molecular complexity index is 599. The molecule has 1 aromatic heterocycles. The maximum atomic E-state index is 5.88. The zero-order chi connectivity index (χ0) is 18.6. The van der Waals surface area contributed by atoms with Crippen molar-refractivity contribution < 1.29 is 28.1 Å². The summed E-state index contributed by atoms with van der Waals surface area (Å²) in [4.78, 5) is 6.61. The fourth-order valence-corrected chi connectivity index (χ4v) is 2.63. The van der Waals surface area contributed by atoms with Gasteiger partial charge >= 0.3 is 0 Å². The molecule has 0 radical (unpaired) electrons. The van der Waals surface area contributed by atoms with Gasteiger partial charge in [-0.3, -0.25) is 0 Å². The molecule has 1 aliphatic rings. The molecule has 27 heavy (non-hydrogen) atoms. The van der Waals surface area contributed by atoms with Crippen LogP contribution in [0, 0.1) is 0 Å². The van der Waals surface area contributed by atoms with E-state index >= 15 is 0 Å². The van der Waals surface area contributed by atoms with Gasteiger partial charge in [0.05, 0.1) is 66.1 Å². The van der Waals surface area contributed by atoms with E-state index in [9.17, 15) is 0 Å². The molecule has 0 bridgehead atoms. The molecule has 150 valence electrons. The van der Waals surface area contributed by atoms with Gasteiger partial charge in [-0.25, -0.2) is 0 Å². The van der Waals surface area contributed by atoms with Gasteiger partial charge in [-0.2, -0.15) is 4.98 Å². The number of anilines is 1. The Labute approximate surface area is 159 Å². The predicted octanol–water partition coefficient (Wildman–Crippen LogP) is 1.73. The summed E-state index contributed by atoms with van der Waals surface area (Å²) in [5.74, 6) is 0. The number of rotatable bonds is 1. The summed E-state index contributed by atoms with van der Waals surface area (Å²) in [6.07, 6.45) is 0. The molecule has 1 fully saturated rings. The van der Waals surface area contributed by atoms with Gasteiger partial charge in [0.2, 0.25) is 0 Å². The van der Waals surface area contributed by atoms with Crippen molar-refractivity contribution in [2.24, 2.45) is 0 Å². The summed E-state index contributed by atoms with van der Waals surface area (Å²) in [5.41, 5.74) is 1.62. The molecule has 0 saturated carbocycles. The lowest BCUT2D eigenvalue weighted by Gasteiger charge is -2.20. The van der Waals surface area contributed by atoms with Crippen molar-refractivity contribution in [3.8, 4) is 0 Å². The van der Waals surface area contributed by atoms with Gasteiger partial charge < -0.3 is 33.0 Å². The van der Waals surface area contributed by atoms with Gasteiger partial charge in [0.25, 0.3) is 6.01 Å². The molecule has 0 spiro atoms. The van der Waals surface area contributed by atoms with Crippen LogP contribution in [0.25, 0.3) is 11.1 Å². The Balaban J connectivity index is 1.54. The van der Waals surface area contributed by atoms with E-state index in [2.05, 4.69) is 4.98 Å². The number of hydrogen-bond donors (Lipinski definition) is 0. The highest BCUT2D eigenvalue weighted by Gasteiger charge is 2.14. The van der Waals surface area contributed by atoms with Crippen LogP contribution in [-0.2, 0) is 23.7 Å². The van der Waals surface area contributed by atoms with Gasteiger partial charge in [0.15, 0.2) is 5.58 Å². The number of hydrogen-bond acceptors (Lipinski definition) is 8. The monoisotopic (exact) mass is 380 g/mol. The first-order chi connectivity index (χ1) is 13.4. The lowest BCUT2D eigenvalue weighted by Crippen LogP contribution is -2.32. The molecule has 1 aromatic carbocycles. The molecule has 0 atom stereocenters. The highest BCUT2D eigenvalue weighted by Crippen LogP contribution is 2.21. The molecular formula is C19H28N2O6. The number of benzene rings is 1. The third kappa shape index (κ3) is 7.08. The minimum absolute atomic E-state index is 0.543. The number of nitrogens with zero attached hydrogens (tertiary/aromatic N) is 2. The van der Waals surface area contributed by atoms with E-state index in [-0.39, 0.29) is 0 Å². The zero-order valence-corrected chi connectivity index (χ0v) is 15.6. The van der Waals surface area contributed by atoms with Crippen molar-refractivity contribution in [2.45, 2.75) is 0 Å². The molecule has 8 heteroatoms. The zero-order valence-electron chi connectivity index (χ0n) is 15.6. The fourth-order valence-electron chi connectivity index (χ4n) is 2.63. The number of ether oxygens (including phenoxy) is 5. The fraction of sp³-hybridized carbons (Fsp3) is 0.632. The number of aromatic nitrogens is 1. The lowest BCUT2D eigenvalue weighted by atomic mass is 10.3. The van der Waals surface area contributed by atoms with Crippen molar-refractivity contribution in [3.63, 3.8) is 0 Å². The Morgan fingerprint density at radius 3 is 1.63 bits per heavy atom. The van der Waals surface area contributed by atoms with Gasteiger partial charge in [0.1, 0.15) is 5.52 Å². The Morgan fingerprint density at radius 1 is 0.630 bits per heavy atom. The van der Waals surface area contributed by atoms with E-state index < -0.39 is 0 Å². The van der Waals surface area contributed by atoms with E-state index in [1.165, 1.54) is 0 Å². The van der Waals surface area contributed by atoms with Crippen molar-refractivity contribution in [1.29, 1.82) is 0 Å². The maximum Gasteiger partial charge on any atom is 0.298 e. The van der Waals surface area contributed by atoms with Crippen LogP contribution in [0.4, 0.5) is 6.01 Å². The summed E-state index contributed by atoms with van der Waals surface area (Å²) < 4.78 is 33.6. The van der Waals surface area contributed by atoms with Crippen LogP contribution in [0.5, 0.6) is 0 Å². The molecule has 1 aliphatic heterocycles. The third-order valence-electron chi connectivity index (χ3n) is 4.05. The molecule has 2 heterocycles. The standard InChI is InChI=1S/C19H28N2O6/c1-2-4-18-17(3-1)20-19(27-18)21-5-7-22-9-11-24-13-15-26-16-14-25-12-10-23-8-6-21/h1-4H,5-16H2.